The van der Waals surface area contributed by atoms with Crippen LogP contribution in [0.5, 0.6) is 0 Å². The minimum absolute atomic E-state index is 0.203. The SMILES string of the molecule is CN(C(=O)CCn1cccn1)C1CCCNC1. The first-order valence-corrected chi connectivity index (χ1v) is 6.21. The van der Waals surface area contributed by atoms with Gasteiger partial charge in [0.05, 0.1) is 0 Å². The summed E-state index contributed by atoms with van der Waals surface area (Å²) in [4.78, 5) is 13.9. The summed E-state index contributed by atoms with van der Waals surface area (Å²) in [6.07, 6.45) is 6.40. The van der Waals surface area contributed by atoms with Crippen LogP contribution in [0, 0.1) is 0 Å². The second kappa shape index (κ2) is 5.82. The highest BCUT2D eigenvalue weighted by Crippen LogP contribution is 2.09. The van der Waals surface area contributed by atoms with Crippen LogP contribution in [0.2, 0.25) is 0 Å². The number of rotatable bonds is 4. The molecule has 1 saturated heterocycles. The van der Waals surface area contributed by atoms with Crippen molar-refractivity contribution in [1.29, 1.82) is 0 Å². The Labute approximate surface area is 102 Å². The molecule has 1 aliphatic heterocycles. The first-order chi connectivity index (χ1) is 8.27. The molecule has 2 rings (SSSR count). The molecular weight excluding hydrogens is 216 g/mol. The molecule has 0 spiro atoms. The first kappa shape index (κ1) is 12.1. The van der Waals surface area contributed by atoms with Gasteiger partial charge in [0.2, 0.25) is 5.91 Å². The molecule has 17 heavy (non-hydrogen) atoms. The van der Waals surface area contributed by atoms with Crippen LogP contribution in [0.3, 0.4) is 0 Å². The highest BCUT2D eigenvalue weighted by Gasteiger charge is 2.21. The highest BCUT2D eigenvalue weighted by atomic mass is 16.2. The number of likely N-dealkylation sites (N-methyl/N-ethyl adjacent to an activating group) is 1. The lowest BCUT2D eigenvalue weighted by molar-refractivity contribution is -0.132. The molecule has 94 valence electrons. The molecule has 0 saturated carbocycles. The Hall–Kier alpha value is -1.36. The molecule has 1 aliphatic rings. The van der Waals surface area contributed by atoms with E-state index in [1.54, 1.807) is 10.9 Å². The van der Waals surface area contributed by atoms with E-state index in [1.165, 1.54) is 0 Å². The molecule has 1 amide bonds. The van der Waals surface area contributed by atoms with Gasteiger partial charge >= 0.3 is 0 Å². The number of carbonyl (C=O) groups excluding carboxylic acids is 1. The Balaban J connectivity index is 1.78. The quantitative estimate of drug-likeness (QED) is 0.827. The summed E-state index contributed by atoms with van der Waals surface area (Å²) in [5.41, 5.74) is 0. The molecule has 1 aromatic rings. The topological polar surface area (TPSA) is 50.2 Å². The smallest absolute Gasteiger partial charge is 0.224 e. The summed E-state index contributed by atoms with van der Waals surface area (Å²) >= 11 is 0. The van der Waals surface area contributed by atoms with Crippen LogP contribution < -0.4 is 5.32 Å². The minimum atomic E-state index is 0.203. The van der Waals surface area contributed by atoms with E-state index in [0.29, 0.717) is 19.0 Å². The summed E-state index contributed by atoms with van der Waals surface area (Å²) in [6.45, 7) is 2.66. The third-order valence-corrected chi connectivity index (χ3v) is 3.33. The van der Waals surface area contributed by atoms with E-state index in [0.717, 1.165) is 25.9 Å². The molecule has 0 bridgehead atoms. The lowest BCUT2D eigenvalue weighted by atomic mass is 10.1. The number of nitrogens with one attached hydrogen (secondary N) is 1. The standard InChI is InChI=1S/C12H20N4O/c1-15(11-4-2-6-13-10-11)12(17)5-9-16-8-3-7-14-16/h3,7-8,11,13H,2,4-6,9-10H2,1H3. The van der Waals surface area contributed by atoms with Crippen LogP contribution in [-0.2, 0) is 11.3 Å². The zero-order valence-corrected chi connectivity index (χ0v) is 10.3. The van der Waals surface area contributed by atoms with Crippen molar-refractivity contribution in [3.63, 3.8) is 0 Å². The maximum absolute atomic E-state index is 12.0. The number of aryl methyl sites for hydroxylation is 1. The Morgan fingerprint density at radius 3 is 3.18 bits per heavy atom. The van der Waals surface area contributed by atoms with Crippen molar-refractivity contribution in [3.8, 4) is 0 Å². The molecule has 1 fully saturated rings. The first-order valence-electron chi connectivity index (χ1n) is 6.21. The molecular formula is C12H20N4O. The van der Waals surface area contributed by atoms with Gasteiger partial charge in [0.1, 0.15) is 0 Å². The van der Waals surface area contributed by atoms with Crippen LogP contribution in [0.4, 0.5) is 0 Å². The Morgan fingerprint density at radius 1 is 1.65 bits per heavy atom. The van der Waals surface area contributed by atoms with E-state index in [2.05, 4.69) is 10.4 Å². The Morgan fingerprint density at radius 2 is 2.53 bits per heavy atom. The van der Waals surface area contributed by atoms with Crippen LogP contribution in [-0.4, -0.2) is 46.8 Å². The molecule has 2 heterocycles. The monoisotopic (exact) mass is 236 g/mol. The van der Waals surface area contributed by atoms with E-state index in [1.807, 2.05) is 24.2 Å². The number of hydrogen-bond acceptors (Lipinski definition) is 3. The predicted molar refractivity (Wildman–Crippen MR) is 65.5 cm³/mol. The fraction of sp³-hybridized carbons (Fsp3) is 0.667. The van der Waals surface area contributed by atoms with Gasteiger partial charge in [-0.15, -0.1) is 0 Å². The zero-order valence-electron chi connectivity index (χ0n) is 10.3. The molecule has 0 radical (unpaired) electrons. The molecule has 1 aromatic heterocycles. The van der Waals surface area contributed by atoms with Gasteiger partial charge in [0.15, 0.2) is 0 Å². The van der Waals surface area contributed by atoms with Crippen LogP contribution in [0.25, 0.3) is 0 Å². The largest absolute Gasteiger partial charge is 0.341 e. The summed E-state index contributed by atoms with van der Waals surface area (Å²) < 4.78 is 1.80. The average molecular weight is 236 g/mol. The number of aromatic nitrogens is 2. The van der Waals surface area contributed by atoms with Crippen molar-refractivity contribution >= 4 is 5.91 Å². The average Bonchev–Trinajstić information content (AvgIpc) is 2.89. The van der Waals surface area contributed by atoms with Crippen molar-refractivity contribution in [2.45, 2.75) is 31.8 Å². The van der Waals surface area contributed by atoms with Crippen LogP contribution in [0.15, 0.2) is 18.5 Å². The van der Waals surface area contributed by atoms with Gasteiger partial charge in [0.25, 0.3) is 0 Å². The molecule has 0 aliphatic carbocycles. The van der Waals surface area contributed by atoms with Crippen molar-refractivity contribution in [2.75, 3.05) is 20.1 Å². The van der Waals surface area contributed by atoms with Gasteiger partial charge in [-0.3, -0.25) is 9.48 Å². The van der Waals surface area contributed by atoms with Gasteiger partial charge in [-0.25, -0.2) is 0 Å². The van der Waals surface area contributed by atoms with Crippen molar-refractivity contribution < 1.29 is 4.79 Å². The summed E-state index contributed by atoms with van der Waals surface area (Å²) in [7, 11) is 1.91. The van der Waals surface area contributed by atoms with Gasteiger partial charge in [-0.05, 0) is 25.5 Å². The number of piperidine rings is 1. The van der Waals surface area contributed by atoms with Gasteiger partial charge < -0.3 is 10.2 Å². The molecule has 1 N–H and O–H groups in total. The van der Waals surface area contributed by atoms with Gasteiger partial charge in [0, 0.05) is 45.0 Å². The molecule has 1 unspecified atom stereocenters. The summed E-state index contributed by atoms with van der Waals surface area (Å²) in [5, 5.41) is 7.42. The van der Waals surface area contributed by atoms with E-state index < -0.39 is 0 Å². The third kappa shape index (κ3) is 3.30. The van der Waals surface area contributed by atoms with Crippen molar-refractivity contribution in [2.24, 2.45) is 0 Å². The lowest BCUT2D eigenvalue weighted by Gasteiger charge is -2.31. The van der Waals surface area contributed by atoms with E-state index in [-0.39, 0.29) is 5.91 Å². The maximum atomic E-state index is 12.0. The van der Waals surface area contributed by atoms with Crippen LogP contribution in [0.1, 0.15) is 19.3 Å². The van der Waals surface area contributed by atoms with E-state index in [4.69, 9.17) is 0 Å². The number of carbonyl (C=O) groups is 1. The minimum Gasteiger partial charge on any atom is -0.341 e. The van der Waals surface area contributed by atoms with Gasteiger partial charge in [-0.1, -0.05) is 0 Å². The number of nitrogens with zero attached hydrogens (tertiary/aromatic N) is 3. The van der Waals surface area contributed by atoms with Crippen molar-refractivity contribution in [3.05, 3.63) is 18.5 Å². The van der Waals surface area contributed by atoms with Crippen LogP contribution >= 0.6 is 0 Å². The zero-order chi connectivity index (χ0) is 12.1. The van der Waals surface area contributed by atoms with E-state index in [9.17, 15) is 4.79 Å². The second-order valence-electron chi connectivity index (χ2n) is 4.52. The predicted octanol–water partition coefficient (Wildman–Crippen LogP) is 0.484. The summed E-state index contributed by atoms with van der Waals surface area (Å²) in [5.74, 6) is 0.203. The maximum Gasteiger partial charge on any atom is 0.224 e. The van der Waals surface area contributed by atoms with Crippen molar-refractivity contribution in [1.82, 2.24) is 20.0 Å². The van der Waals surface area contributed by atoms with Gasteiger partial charge in [-0.2, -0.15) is 5.10 Å². The lowest BCUT2D eigenvalue weighted by Crippen LogP contribution is -2.46. The Bertz CT molecular complexity index is 343. The Kier molecular flexibility index (Phi) is 4.14. The normalized spacial score (nSPS) is 20.2. The molecule has 0 aromatic carbocycles. The third-order valence-electron chi connectivity index (χ3n) is 3.33. The summed E-state index contributed by atoms with van der Waals surface area (Å²) in [6, 6.07) is 2.23. The molecule has 1 atom stereocenters. The number of amides is 1. The molecule has 5 nitrogen and oxygen atoms in total. The fourth-order valence-corrected chi connectivity index (χ4v) is 2.19. The molecule has 5 heteroatoms. The second-order valence-corrected chi connectivity index (χ2v) is 4.52. The van der Waals surface area contributed by atoms with E-state index >= 15 is 0 Å². The highest BCUT2D eigenvalue weighted by molar-refractivity contribution is 5.76. The number of hydrogen-bond donors (Lipinski definition) is 1. The fourth-order valence-electron chi connectivity index (χ4n) is 2.19.